The van der Waals surface area contributed by atoms with Crippen LogP contribution in [0.3, 0.4) is 0 Å². The lowest BCUT2D eigenvalue weighted by atomic mass is 9.99. The van der Waals surface area contributed by atoms with E-state index in [1.165, 1.54) is 6.20 Å². The minimum Gasteiger partial charge on any atom is -0.364 e. The lowest BCUT2D eigenvalue weighted by Crippen LogP contribution is -2.44. The number of anilines is 1. The van der Waals surface area contributed by atoms with E-state index in [-0.39, 0.29) is 11.4 Å². The number of terminal acetylenes is 1. The van der Waals surface area contributed by atoms with E-state index in [0.29, 0.717) is 22.8 Å². The van der Waals surface area contributed by atoms with Gasteiger partial charge < -0.3 is 10.6 Å². The molecular formula is C16H20ClN3O. The summed E-state index contributed by atoms with van der Waals surface area (Å²) in [6.07, 6.45) is 9.81. The zero-order chi connectivity index (χ0) is 15.7. The molecule has 0 radical (unpaired) electrons. The lowest BCUT2D eigenvalue weighted by Gasteiger charge is -2.24. The highest BCUT2D eigenvalue weighted by atomic mass is 35.5. The van der Waals surface area contributed by atoms with Gasteiger partial charge in [0, 0.05) is 11.7 Å². The van der Waals surface area contributed by atoms with Crippen LogP contribution in [0, 0.1) is 12.3 Å². The van der Waals surface area contributed by atoms with E-state index in [9.17, 15) is 4.79 Å². The topological polar surface area (TPSA) is 54.0 Å². The summed E-state index contributed by atoms with van der Waals surface area (Å²) in [6.45, 7) is 5.85. The first kappa shape index (κ1) is 15.7. The number of carbonyl (C=O) groups is 1. The summed E-state index contributed by atoms with van der Waals surface area (Å²) >= 11 is 5.98. The van der Waals surface area contributed by atoms with Gasteiger partial charge in [-0.3, -0.25) is 4.79 Å². The molecule has 1 aliphatic rings. The summed E-state index contributed by atoms with van der Waals surface area (Å²) in [7, 11) is 0. The molecule has 21 heavy (non-hydrogen) atoms. The van der Waals surface area contributed by atoms with Gasteiger partial charge in [-0.25, -0.2) is 4.98 Å². The van der Waals surface area contributed by atoms with Gasteiger partial charge in [0.25, 0.3) is 5.91 Å². The fourth-order valence-corrected chi connectivity index (χ4v) is 2.01. The number of carbonyl (C=O) groups excluding carboxylic acids is 1. The molecule has 1 aromatic heterocycles. The van der Waals surface area contributed by atoms with Gasteiger partial charge in [0.05, 0.1) is 16.1 Å². The van der Waals surface area contributed by atoms with Gasteiger partial charge in [0.15, 0.2) is 0 Å². The van der Waals surface area contributed by atoms with Crippen molar-refractivity contribution in [1.82, 2.24) is 10.3 Å². The third-order valence-electron chi connectivity index (χ3n) is 3.93. The Morgan fingerprint density at radius 2 is 2.29 bits per heavy atom. The van der Waals surface area contributed by atoms with Crippen molar-refractivity contribution in [2.75, 3.05) is 5.32 Å². The lowest BCUT2D eigenvalue weighted by molar-refractivity contribution is 0.0924. The number of amides is 1. The molecule has 112 valence electrons. The Kier molecular flexibility index (Phi) is 4.15. The number of nitrogens with one attached hydrogen (secondary N) is 2. The summed E-state index contributed by atoms with van der Waals surface area (Å²) in [5.74, 6) is 2.90. The van der Waals surface area contributed by atoms with E-state index in [4.69, 9.17) is 18.0 Å². The number of halogens is 1. The largest absolute Gasteiger partial charge is 0.364 e. The molecule has 1 aromatic rings. The van der Waals surface area contributed by atoms with Gasteiger partial charge >= 0.3 is 0 Å². The van der Waals surface area contributed by atoms with Crippen molar-refractivity contribution >= 4 is 23.3 Å². The number of aromatic nitrogens is 1. The van der Waals surface area contributed by atoms with Crippen LogP contribution in [-0.2, 0) is 0 Å². The second-order valence-corrected chi connectivity index (χ2v) is 6.46. The second-order valence-electron chi connectivity index (χ2n) is 6.02. The van der Waals surface area contributed by atoms with Crippen LogP contribution >= 0.6 is 11.6 Å². The van der Waals surface area contributed by atoms with Crippen molar-refractivity contribution in [3.63, 3.8) is 0 Å². The SMILES string of the molecule is C#CC(C)(CC)NC(=O)c1cc(Cl)cnc1NC1(C)CC1. The van der Waals surface area contributed by atoms with E-state index in [0.717, 1.165) is 12.8 Å². The highest BCUT2D eigenvalue weighted by Crippen LogP contribution is 2.38. The highest BCUT2D eigenvalue weighted by Gasteiger charge is 2.38. The van der Waals surface area contributed by atoms with Crippen LogP contribution in [0.5, 0.6) is 0 Å². The van der Waals surface area contributed by atoms with Crippen molar-refractivity contribution in [1.29, 1.82) is 0 Å². The Morgan fingerprint density at radius 3 is 2.81 bits per heavy atom. The molecule has 2 N–H and O–H groups in total. The van der Waals surface area contributed by atoms with Gasteiger partial charge in [-0.1, -0.05) is 24.4 Å². The number of hydrogen-bond acceptors (Lipinski definition) is 3. The normalized spacial score (nSPS) is 18.2. The standard InChI is InChI=1S/C16H20ClN3O/c1-5-15(3,6-2)20-14(21)12-9-11(17)10-18-13(12)19-16(4)7-8-16/h1,9-10H,6-8H2,2-4H3,(H,18,19)(H,20,21). The van der Waals surface area contributed by atoms with E-state index < -0.39 is 5.54 Å². The smallest absolute Gasteiger partial charge is 0.256 e. The summed E-state index contributed by atoms with van der Waals surface area (Å²) in [5.41, 5.74) is -0.235. The summed E-state index contributed by atoms with van der Waals surface area (Å²) in [4.78, 5) is 16.8. The average molecular weight is 306 g/mol. The van der Waals surface area contributed by atoms with Crippen LogP contribution in [0.1, 0.15) is 50.4 Å². The van der Waals surface area contributed by atoms with Crippen LogP contribution in [0.15, 0.2) is 12.3 Å². The summed E-state index contributed by atoms with van der Waals surface area (Å²) < 4.78 is 0. The number of rotatable bonds is 5. The molecule has 0 saturated heterocycles. The molecule has 1 saturated carbocycles. The van der Waals surface area contributed by atoms with E-state index in [2.05, 4.69) is 28.5 Å². The molecule has 0 aromatic carbocycles. The number of hydrogen-bond donors (Lipinski definition) is 2. The van der Waals surface area contributed by atoms with Gasteiger partial charge in [-0.05, 0) is 39.2 Å². The van der Waals surface area contributed by atoms with E-state index in [1.807, 2.05) is 13.8 Å². The number of nitrogens with zero attached hydrogens (tertiary/aromatic N) is 1. The molecule has 1 unspecified atom stereocenters. The zero-order valence-electron chi connectivity index (χ0n) is 12.6. The van der Waals surface area contributed by atoms with Crippen molar-refractivity contribution in [3.05, 3.63) is 22.8 Å². The van der Waals surface area contributed by atoms with Gasteiger partial charge in [-0.15, -0.1) is 6.42 Å². The second kappa shape index (κ2) is 5.57. The molecule has 1 aliphatic carbocycles. The van der Waals surface area contributed by atoms with E-state index in [1.54, 1.807) is 6.07 Å². The van der Waals surface area contributed by atoms with Crippen molar-refractivity contribution < 1.29 is 4.79 Å². The molecule has 0 aliphatic heterocycles. The third kappa shape index (κ3) is 3.68. The van der Waals surface area contributed by atoms with Gasteiger partial charge in [-0.2, -0.15) is 0 Å². The van der Waals surface area contributed by atoms with Crippen molar-refractivity contribution in [3.8, 4) is 12.3 Å². The predicted octanol–water partition coefficient (Wildman–Crippen LogP) is 3.23. The molecular weight excluding hydrogens is 286 g/mol. The fourth-order valence-electron chi connectivity index (χ4n) is 1.85. The minimum atomic E-state index is -0.680. The first-order valence-corrected chi connectivity index (χ1v) is 7.43. The Balaban J connectivity index is 2.27. The molecule has 1 fully saturated rings. The maximum Gasteiger partial charge on any atom is 0.256 e. The molecule has 0 bridgehead atoms. The van der Waals surface area contributed by atoms with Crippen LogP contribution < -0.4 is 10.6 Å². The molecule has 1 amide bonds. The number of pyridine rings is 1. The predicted molar refractivity (Wildman–Crippen MR) is 85.5 cm³/mol. The Morgan fingerprint density at radius 1 is 1.62 bits per heavy atom. The zero-order valence-corrected chi connectivity index (χ0v) is 13.3. The van der Waals surface area contributed by atoms with Gasteiger partial charge in [0.2, 0.25) is 0 Å². The fraction of sp³-hybridized carbons (Fsp3) is 0.500. The molecule has 4 nitrogen and oxygen atoms in total. The van der Waals surface area contributed by atoms with Gasteiger partial charge in [0.1, 0.15) is 5.82 Å². The maximum absolute atomic E-state index is 12.5. The highest BCUT2D eigenvalue weighted by molar-refractivity contribution is 6.31. The third-order valence-corrected chi connectivity index (χ3v) is 4.14. The molecule has 5 heteroatoms. The summed E-state index contributed by atoms with van der Waals surface area (Å²) in [6, 6.07) is 1.62. The maximum atomic E-state index is 12.5. The van der Waals surface area contributed by atoms with Crippen molar-refractivity contribution in [2.24, 2.45) is 0 Å². The average Bonchev–Trinajstić information content (AvgIpc) is 3.18. The monoisotopic (exact) mass is 305 g/mol. The van der Waals surface area contributed by atoms with Crippen LogP contribution in [-0.4, -0.2) is 22.0 Å². The van der Waals surface area contributed by atoms with Crippen molar-refractivity contribution in [2.45, 2.75) is 51.1 Å². The Labute approximate surface area is 130 Å². The minimum absolute atomic E-state index is 0.0238. The van der Waals surface area contributed by atoms with Crippen LogP contribution in [0.2, 0.25) is 5.02 Å². The van der Waals surface area contributed by atoms with Crippen LogP contribution in [0.25, 0.3) is 0 Å². The Hall–Kier alpha value is -1.73. The molecule has 1 heterocycles. The first-order valence-electron chi connectivity index (χ1n) is 7.05. The Bertz CT molecular complexity index is 604. The molecule has 1 atom stereocenters. The van der Waals surface area contributed by atoms with E-state index >= 15 is 0 Å². The first-order chi connectivity index (χ1) is 9.81. The molecule has 0 spiro atoms. The summed E-state index contributed by atoms with van der Waals surface area (Å²) in [5, 5.41) is 6.60. The quantitative estimate of drug-likeness (QED) is 0.821. The van der Waals surface area contributed by atoms with Crippen LogP contribution in [0.4, 0.5) is 5.82 Å². The molecule has 2 rings (SSSR count).